The highest BCUT2D eigenvalue weighted by molar-refractivity contribution is 5.97. The first-order chi connectivity index (χ1) is 11.0. The van der Waals surface area contributed by atoms with Crippen molar-refractivity contribution < 1.29 is 13.9 Å². The number of hydrogen-bond donors (Lipinski definition) is 0. The van der Waals surface area contributed by atoms with Crippen LogP contribution < -0.4 is 14.9 Å². The predicted octanol–water partition coefficient (Wildman–Crippen LogP) is 4.14. The van der Waals surface area contributed by atoms with Crippen LogP contribution in [0.25, 0.3) is 28.0 Å². The summed E-state index contributed by atoms with van der Waals surface area (Å²) < 4.78 is 17.4. The zero-order chi connectivity index (χ0) is 16.2. The van der Waals surface area contributed by atoms with Crippen molar-refractivity contribution in [3.8, 4) is 11.5 Å². The molecular formula is C19H16O4. The van der Waals surface area contributed by atoms with E-state index in [1.807, 2.05) is 38.1 Å². The van der Waals surface area contributed by atoms with Gasteiger partial charge in [-0.25, -0.2) is 0 Å². The van der Waals surface area contributed by atoms with E-state index in [0.717, 1.165) is 5.56 Å². The minimum atomic E-state index is -0.414. The minimum absolute atomic E-state index is 0.0975. The standard InChI is InChI=1S/C19H16O4/c1-19(2)9-8-12-14(23-19)10-15-16(18(12)21-3)17(20)11-6-4-5-7-13(11)22-15/h4-10H,1-3H3. The Morgan fingerprint density at radius 3 is 2.70 bits per heavy atom. The molecular weight excluding hydrogens is 292 g/mol. The topological polar surface area (TPSA) is 48.7 Å². The van der Waals surface area contributed by atoms with Crippen LogP contribution in [0.2, 0.25) is 0 Å². The maximum absolute atomic E-state index is 12.9. The number of methoxy groups -OCH3 is 1. The Balaban J connectivity index is 2.17. The largest absolute Gasteiger partial charge is 0.495 e. The molecule has 0 saturated heterocycles. The molecule has 4 rings (SSSR count). The average molecular weight is 308 g/mol. The van der Waals surface area contributed by atoms with E-state index in [0.29, 0.717) is 33.4 Å². The maximum Gasteiger partial charge on any atom is 0.204 e. The van der Waals surface area contributed by atoms with E-state index < -0.39 is 5.60 Å². The average Bonchev–Trinajstić information content (AvgIpc) is 2.52. The second kappa shape index (κ2) is 4.62. The maximum atomic E-state index is 12.9. The first-order valence-corrected chi connectivity index (χ1v) is 7.45. The molecule has 1 aromatic heterocycles. The fourth-order valence-corrected chi connectivity index (χ4v) is 2.98. The number of fused-ring (bicyclic) bond motifs is 3. The predicted molar refractivity (Wildman–Crippen MR) is 90.3 cm³/mol. The molecule has 3 aromatic rings. The molecule has 0 N–H and O–H groups in total. The molecule has 4 heteroatoms. The highest BCUT2D eigenvalue weighted by atomic mass is 16.5. The number of hydrogen-bond acceptors (Lipinski definition) is 4. The van der Waals surface area contributed by atoms with Gasteiger partial charge in [-0.05, 0) is 38.1 Å². The summed E-state index contributed by atoms with van der Waals surface area (Å²) in [6, 6.07) is 8.98. The molecule has 0 saturated carbocycles. The lowest BCUT2D eigenvalue weighted by Crippen LogP contribution is -2.27. The quantitative estimate of drug-likeness (QED) is 0.634. The van der Waals surface area contributed by atoms with Gasteiger partial charge in [0.25, 0.3) is 0 Å². The number of rotatable bonds is 1. The van der Waals surface area contributed by atoms with Crippen LogP contribution in [0.1, 0.15) is 19.4 Å². The van der Waals surface area contributed by atoms with Crippen molar-refractivity contribution in [2.24, 2.45) is 0 Å². The summed E-state index contributed by atoms with van der Waals surface area (Å²) in [5.41, 5.74) is 1.28. The Morgan fingerprint density at radius 2 is 1.91 bits per heavy atom. The molecule has 0 unspecified atom stereocenters. The molecule has 0 spiro atoms. The van der Waals surface area contributed by atoms with Gasteiger partial charge in [0, 0.05) is 6.07 Å². The normalized spacial score (nSPS) is 15.4. The van der Waals surface area contributed by atoms with Gasteiger partial charge in [-0.3, -0.25) is 4.79 Å². The summed E-state index contributed by atoms with van der Waals surface area (Å²) in [5.74, 6) is 1.14. The third kappa shape index (κ3) is 2.02. The fraction of sp³-hybridized carbons (Fsp3) is 0.211. The van der Waals surface area contributed by atoms with Crippen molar-refractivity contribution >= 4 is 28.0 Å². The molecule has 0 bridgehead atoms. The third-order valence-electron chi connectivity index (χ3n) is 4.05. The van der Waals surface area contributed by atoms with E-state index in [1.54, 1.807) is 25.3 Å². The highest BCUT2D eigenvalue weighted by Crippen LogP contribution is 2.41. The van der Waals surface area contributed by atoms with Gasteiger partial charge >= 0.3 is 0 Å². The zero-order valence-corrected chi connectivity index (χ0v) is 13.2. The van der Waals surface area contributed by atoms with Crippen LogP contribution in [0.4, 0.5) is 0 Å². The Labute approximate surface area is 132 Å². The third-order valence-corrected chi connectivity index (χ3v) is 4.05. The van der Waals surface area contributed by atoms with Crippen LogP contribution >= 0.6 is 0 Å². The van der Waals surface area contributed by atoms with E-state index in [2.05, 4.69) is 0 Å². The summed E-state index contributed by atoms with van der Waals surface area (Å²) in [5, 5.41) is 0.984. The van der Waals surface area contributed by atoms with Crippen molar-refractivity contribution in [1.82, 2.24) is 0 Å². The van der Waals surface area contributed by atoms with Crippen molar-refractivity contribution in [2.75, 3.05) is 7.11 Å². The van der Waals surface area contributed by atoms with Crippen LogP contribution in [-0.4, -0.2) is 12.7 Å². The van der Waals surface area contributed by atoms with Gasteiger partial charge in [-0.1, -0.05) is 12.1 Å². The van der Waals surface area contributed by atoms with Crippen molar-refractivity contribution in [3.05, 3.63) is 52.2 Å². The number of para-hydroxylation sites is 1. The first kappa shape index (κ1) is 13.9. The SMILES string of the molecule is COc1c2c(cc3oc4ccccc4c(=O)c13)OC(C)(C)C=C2. The second-order valence-electron chi connectivity index (χ2n) is 6.16. The molecule has 0 atom stereocenters. The molecule has 0 amide bonds. The van der Waals surface area contributed by atoms with Crippen molar-refractivity contribution in [3.63, 3.8) is 0 Å². The number of ether oxygens (including phenoxy) is 2. The number of benzene rings is 2. The Hall–Kier alpha value is -2.75. The molecule has 4 nitrogen and oxygen atoms in total. The summed E-state index contributed by atoms with van der Waals surface area (Å²) in [6.07, 6.45) is 3.89. The summed E-state index contributed by atoms with van der Waals surface area (Å²) >= 11 is 0. The summed E-state index contributed by atoms with van der Waals surface area (Å²) in [4.78, 5) is 12.9. The monoisotopic (exact) mass is 308 g/mol. The highest BCUT2D eigenvalue weighted by Gasteiger charge is 2.27. The van der Waals surface area contributed by atoms with E-state index in [9.17, 15) is 4.79 Å². The molecule has 0 aliphatic carbocycles. The fourth-order valence-electron chi connectivity index (χ4n) is 2.98. The molecule has 23 heavy (non-hydrogen) atoms. The molecule has 1 aliphatic rings. The minimum Gasteiger partial charge on any atom is -0.495 e. The van der Waals surface area contributed by atoms with Crippen LogP contribution in [0, 0.1) is 0 Å². The van der Waals surface area contributed by atoms with Gasteiger partial charge in [0.2, 0.25) is 5.43 Å². The second-order valence-corrected chi connectivity index (χ2v) is 6.16. The molecule has 2 aromatic carbocycles. The lowest BCUT2D eigenvalue weighted by Gasteiger charge is -2.28. The van der Waals surface area contributed by atoms with E-state index in [-0.39, 0.29) is 5.43 Å². The molecule has 0 fully saturated rings. The lowest BCUT2D eigenvalue weighted by molar-refractivity contribution is 0.158. The van der Waals surface area contributed by atoms with Gasteiger partial charge < -0.3 is 13.9 Å². The summed E-state index contributed by atoms with van der Waals surface area (Å²) in [7, 11) is 1.55. The molecule has 1 aliphatic heterocycles. The first-order valence-electron chi connectivity index (χ1n) is 7.45. The van der Waals surface area contributed by atoms with Crippen LogP contribution in [0.5, 0.6) is 11.5 Å². The zero-order valence-electron chi connectivity index (χ0n) is 13.2. The van der Waals surface area contributed by atoms with Crippen LogP contribution in [-0.2, 0) is 0 Å². The van der Waals surface area contributed by atoms with Gasteiger partial charge in [-0.2, -0.15) is 0 Å². The van der Waals surface area contributed by atoms with Crippen molar-refractivity contribution in [2.45, 2.75) is 19.4 Å². The van der Waals surface area contributed by atoms with Gasteiger partial charge in [0.15, 0.2) is 0 Å². The molecule has 2 heterocycles. The summed E-state index contributed by atoms with van der Waals surface area (Å²) in [6.45, 7) is 3.94. The Kier molecular flexibility index (Phi) is 2.79. The van der Waals surface area contributed by atoms with E-state index in [1.165, 1.54) is 0 Å². The lowest BCUT2D eigenvalue weighted by atomic mass is 9.99. The van der Waals surface area contributed by atoms with Crippen LogP contribution in [0.15, 0.2) is 45.6 Å². The van der Waals surface area contributed by atoms with E-state index in [4.69, 9.17) is 13.9 Å². The van der Waals surface area contributed by atoms with Crippen molar-refractivity contribution in [1.29, 1.82) is 0 Å². The van der Waals surface area contributed by atoms with E-state index >= 15 is 0 Å². The smallest absolute Gasteiger partial charge is 0.204 e. The van der Waals surface area contributed by atoms with Gasteiger partial charge in [0.05, 0.1) is 18.1 Å². The van der Waals surface area contributed by atoms with Gasteiger partial charge in [0.1, 0.15) is 33.7 Å². The van der Waals surface area contributed by atoms with Crippen LogP contribution in [0.3, 0.4) is 0 Å². The van der Waals surface area contributed by atoms with Gasteiger partial charge in [-0.15, -0.1) is 0 Å². The molecule has 116 valence electrons. The Bertz CT molecular complexity index is 1020. The Morgan fingerprint density at radius 1 is 1.13 bits per heavy atom. The molecule has 0 radical (unpaired) electrons.